The Kier molecular flexibility index (Phi) is 4.05. The van der Waals surface area contributed by atoms with Crippen molar-refractivity contribution in [2.24, 2.45) is 0 Å². The fraction of sp³-hybridized carbons (Fsp3) is 0.400. The Hall–Kier alpha value is -2.77. The molecule has 0 aliphatic heterocycles. The zero-order valence-corrected chi connectivity index (χ0v) is 13.3. The lowest BCUT2D eigenvalue weighted by Crippen LogP contribution is -2.24. The molecule has 1 N–H and O–H groups in total. The van der Waals surface area contributed by atoms with Crippen LogP contribution in [-0.2, 0) is 24.2 Å². The van der Waals surface area contributed by atoms with Crippen LogP contribution in [0.4, 0.5) is 0 Å². The van der Waals surface area contributed by atoms with Gasteiger partial charge in [0.05, 0.1) is 18.7 Å². The summed E-state index contributed by atoms with van der Waals surface area (Å²) >= 11 is 0. The van der Waals surface area contributed by atoms with E-state index in [1.807, 2.05) is 32.9 Å². The summed E-state index contributed by atoms with van der Waals surface area (Å²) in [5, 5.41) is 11.0. The predicted molar refractivity (Wildman–Crippen MR) is 81.7 cm³/mol. The summed E-state index contributed by atoms with van der Waals surface area (Å²) in [5.74, 6) is 1.40. The first kappa shape index (κ1) is 15.1. The van der Waals surface area contributed by atoms with E-state index in [1.165, 1.54) is 0 Å². The molecule has 0 aliphatic carbocycles. The van der Waals surface area contributed by atoms with Crippen LogP contribution in [0.15, 0.2) is 16.7 Å². The Morgan fingerprint density at radius 2 is 2.13 bits per heavy atom. The molecule has 3 aromatic heterocycles. The van der Waals surface area contributed by atoms with Gasteiger partial charge >= 0.3 is 0 Å². The number of aromatic nitrogens is 5. The number of carbonyl (C=O) groups excluding carboxylic acids is 1. The number of hydrogen-bond acceptors (Lipinski definition) is 6. The highest BCUT2D eigenvalue weighted by Crippen LogP contribution is 2.06. The van der Waals surface area contributed by atoms with Crippen LogP contribution in [0.3, 0.4) is 0 Å². The van der Waals surface area contributed by atoms with Crippen LogP contribution >= 0.6 is 0 Å². The molecule has 0 atom stereocenters. The zero-order chi connectivity index (χ0) is 16.4. The predicted octanol–water partition coefficient (Wildman–Crippen LogP) is 1.15. The van der Waals surface area contributed by atoms with Gasteiger partial charge in [-0.25, -0.2) is 9.50 Å². The largest absolute Gasteiger partial charge is 0.359 e. The van der Waals surface area contributed by atoms with Gasteiger partial charge in [0.15, 0.2) is 11.6 Å². The third-order valence-corrected chi connectivity index (χ3v) is 3.41. The van der Waals surface area contributed by atoms with Gasteiger partial charge in [-0.05, 0) is 26.3 Å². The van der Waals surface area contributed by atoms with Crippen LogP contribution in [0.1, 0.15) is 35.6 Å². The molecule has 0 unspecified atom stereocenters. The average molecular weight is 314 g/mol. The van der Waals surface area contributed by atoms with E-state index >= 15 is 0 Å². The number of hydrogen-bond donors (Lipinski definition) is 1. The quantitative estimate of drug-likeness (QED) is 0.758. The summed E-state index contributed by atoms with van der Waals surface area (Å²) in [4.78, 5) is 20.6. The minimum absolute atomic E-state index is 0.0939. The van der Waals surface area contributed by atoms with Gasteiger partial charge in [-0.2, -0.15) is 4.98 Å². The Morgan fingerprint density at radius 1 is 1.30 bits per heavy atom. The Bertz CT molecular complexity index is 851. The van der Waals surface area contributed by atoms with Crippen molar-refractivity contribution in [1.29, 1.82) is 0 Å². The van der Waals surface area contributed by atoms with Gasteiger partial charge in [0.25, 0.3) is 5.78 Å². The summed E-state index contributed by atoms with van der Waals surface area (Å²) in [5.41, 5.74) is 2.67. The van der Waals surface area contributed by atoms with Crippen molar-refractivity contribution < 1.29 is 9.32 Å². The molecule has 23 heavy (non-hydrogen) atoms. The van der Waals surface area contributed by atoms with Crippen LogP contribution in [0.5, 0.6) is 0 Å². The highest BCUT2D eigenvalue weighted by atomic mass is 16.5. The molecule has 0 saturated heterocycles. The van der Waals surface area contributed by atoms with Gasteiger partial charge in [0, 0.05) is 17.5 Å². The number of nitrogens with one attached hydrogen (secondary N) is 1. The summed E-state index contributed by atoms with van der Waals surface area (Å²) in [6.45, 7) is 6.12. The van der Waals surface area contributed by atoms with Crippen LogP contribution in [0, 0.1) is 13.8 Å². The van der Waals surface area contributed by atoms with Crippen molar-refractivity contribution >= 4 is 11.7 Å². The van der Waals surface area contributed by atoms with Crippen molar-refractivity contribution in [3.8, 4) is 0 Å². The van der Waals surface area contributed by atoms with E-state index in [2.05, 4.69) is 25.5 Å². The Balaban J connectivity index is 1.64. The molecule has 3 heterocycles. The third kappa shape index (κ3) is 3.36. The van der Waals surface area contributed by atoms with Gasteiger partial charge in [0.2, 0.25) is 5.91 Å². The highest BCUT2D eigenvalue weighted by molar-refractivity contribution is 5.77. The summed E-state index contributed by atoms with van der Waals surface area (Å²) in [7, 11) is 0. The molecule has 1 amide bonds. The molecule has 0 bridgehead atoms. The van der Waals surface area contributed by atoms with Gasteiger partial charge in [-0.3, -0.25) is 4.79 Å². The number of nitrogens with zero attached hydrogens (tertiary/aromatic N) is 5. The van der Waals surface area contributed by atoms with Gasteiger partial charge < -0.3 is 9.84 Å². The van der Waals surface area contributed by atoms with Crippen LogP contribution in [0.25, 0.3) is 5.78 Å². The number of amides is 1. The number of carbonyl (C=O) groups is 1. The van der Waals surface area contributed by atoms with Crippen molar-refractivity contribution in [2.45, 2.75) is 40.2 Å². The first-order valence-corrected chi connectivity index (χ1v) is 7.46. The molecule has 0 saturated carbocycles. The lowest BCUT2D eigenvalue weighted by atomic mass is 10.3. The summed E-state index contributed by atoms with van der Waals surface area (Å²) < 4.78 is 6.76. The first-order chi connectivity index (χ1) is 11.0. The third-order valence-electron chi connectivity index (χ3n) is 3.41. The van der Waals surface area contributed by atoms with Crippen LogP contribution < -0.4 is 5.32 Å². The first-order valence-electron chi connectivity index (χ1n) is 7.46. The Labute approximate surface area is 132 Å². The lowest BCUT2D eigenvalue weighted by molar-refractivity contribution is -0.120. The minimum Gasteiger partial charge on any atom is -0.359 e. The summed E-state index contributed by atoms with van der Waals surface area (Å²) in [6.07, 6.45) is 0.894. The van der Waals surface area contributed by atoms with E-state index < -0.39 is 0 Å². The summed E-state index contributed by atoms with van der Waals surface area (Å²) in [6, 6.07) is 3.75. The van der Waals surface area contributed by atoms with Crippen LogP contribution in [0.2, 0.25) is 0 Å². The van der Waals surface area contributed by atoms with E-state index in [0.717, 1.165) is 23.5 Å². The molecule has 3 aromatic rings. The fourth-order valence-electron chi connectivity index (χ4n) is 2.28. The van der Waals surface area contributed by atoms with E-state index in [-0.39, 0.29) is 12.3 Å². The molecule has 0 spiro atoms. The van der Waals surface area contributed by atoms with E-state index in [0.29, 0.717) is 23.9 Å². The maximum absolute atomic E-state index is 12.0. The molecule has 8 heteroatoms. The normalized spacial score (nSPS) is 11.1. The standard InChI is InChI=1S/C15H18N6O2/c1-4-11-6-12(23-20-11)8-16-14(22)7-13-18-15-17-9(2)5-10(3)21(15)19-13/h5-6H,4,7-8H2,1-3H3,(H,16,22). The lowest BCUT2D eigenvalue weighted by Gasteiger charge is -1.99. The highest BCUT2D eigenvalue weighted by Gasteiger charge is 2.12. The second-order valence-electron chi connectivity index (χ2n) is 5.37. The van der Waals surface area contributed by atoms with Crippen molar-refractivity contribution in [2.75, 3.05) is 0 Å². The van der Waals surface area contributed by atoms with E-state index in [1.54, 1.807) is 4.52 Å². The average Bonchev–Trinajstić information content (AvgIpc) is 3.11. The zero-order valence-electron chi connectivity index (χ0n) is 13.3. The number of rotatable bonds is 5. The Morgan fingerprint density at radius 3 is 2.87 bits per heavy atom. The minimum atomic E-state index is -0.176. The molecule has 8 nitrogen and oxygen atoms in total. The SMILES string of the molecule is CCc1cc(CNC(=O)Cc2nc3nc(C)cc(C)n3n2)on1. The van der Waals surface area contributed by atoms with Crippen molar-refractivity contribution in [3.05, 3.63) is 40.8 Å². The van der Waals surface area contributed by atoms with Crippen LogP contribution in [-0.4, -0.2) is 30.6 Å². The van der Waals surface area contributed by atoms with Gasteiger partial charge in [0.1, 0.15) is 0 Å². The van der Waals surface area contributed by atoms with E-state index in [4.69, 9.17) is 4.52 Å². The maximum atomic E-state index is 12.0. The monoisotopic (exact) mass is 314 g/mol. The number of aryl methyl sites for hydroxylation is 3. The molecular formula is C15H18N6O2. The topological polar surface area (TPSA) is 98.2 Å². The molecular weight excluding hydrogens is 296 g/mol. The number of fused-ring (bicyclic) bond motifs is 1. The second-order valence-corrected chi connectivity index (χ2v) is 5.37. The molecule has 120 valence electrons. The molecule has 0 fully saturated rings. The van der Waals surface area contributed by atoms with E-state index in [9.17, 15) is 4.79 Å². The second kappa shape index (κ2) is 6.15. The molecule has 0 aliphatic rings. The maximum Gasteiger partial charge on any atom is 0.252 e. The molecule has 0 aromatic carbocycles. The van der Waals surface area contributed by atoms with Crippen molar-refractivity contribution in [1.82, 2.24) is 30.1 Å². The molecule has 3 rings (SSSR count). The van der Waals surface area contributed by atoms with Gasteiger partial charge in [-0.15, -0.1) is 5.10 Å². The van der Waals surface area contributed by atoms with Gasteiger partial charge in [-0.1, -0.05) is 12.1 Å². The fourth-order valence-corrected chi connectivity index (χ4v) is 2.28. The smallest absolute Gasteiger partial charge is 0.252 e. The van der Waals surface area contributed by atoms with Crippen molar-refractivity contribution in [3.63, 3.8) is 0 Å². The molecule has 0 radical (unpaired) electrons.